The smallest absolute Gasteiger partial charge is 0.320 e. The summed E-state index contributed by atoms with van der Waals surface area (Å²) < 4.78 is 0. The average Bonchev–Trinajstić information content (AvgIpc) is 2.60. The predicted octanol–water partition coefficient (Wildman–Crippen LogP) is 1.09. The van der Waals surface area contributed by atoms with Crippen molar-refractivity contribution in [1.29, 1.82) is 0 Å². The highest BCUT2D eigenvalue weighted by Crippen LogP contribution is 2.32. The Labute approximate surface area is 70.8 Å². The molecule has 0 bridgehead atoms. The third-order valence-electron chi connectivity index (χ3n) is 1.50. The van der Waals surface area contributed by atoms with Gasteiger partial charge in [-0.3, -0.25) is 4.79 Å². The van der Waals surface area contributed by atoms with Gasteiger partial charge in [-0.15, -0.1) is 0 Å². The topological polar surface area (TPSA) is 63.3 Å². The van der Waals surface area contributed by atoms with Gasteiger partial charge < -0.3 is 10.8 Å². The number of carboxylic acid groups (broad SMARTS) is 1. The molecule has 0 aliphatic heterocycles. The molecular formula is C9H11NO2. The van der Waals surface area contributed by atoms with E-state index in [0.29, 0.717) is 0 Å². The van der Waals surface area contributed by atoms with E-state index in [9.17, 15) is 4.79 Å². The minimum absolute atomic E-state index is 0.731. The third kappa shape index (κ3) is 2.36. The van der Waals surface area contributed by atoms with Gasteiger partial charge in [0.15, 0.2) is 0 Å². The van der Waals surface area contributed by atoms with E-state index in [1.54, 1.807) is 0 Å². The van der Waals surface area contributed by atoms with Crippen LogP contribution in [0.3, 0.4) is 0 Å². The molecule has 1 atom stereocenters. The van der Waals surface area contributed by atoms with Crippen molar-refractivity contribution >= 4 is 5.97 Å². The lowest BCUT2D eigenvalue weighted by Gasteiger charge is -1.90. The zero-order chi connectivity index (χ0) is 9.14. The third-order valence-corrected chi connectivity index (χ3v) is 1.50. The standard InChI is InChI=1S/C6H4.C3H7NO2/c1-2-5-4-6(5)3-1;1-2(4)3(5)6/h1-4H;2H,4H2,1H3,(H,5,6). The van der Waals surface area contributed by atoms with Crippen molar-refractivity contribution in [3.8, 4) is 11.1 Å². The molecule has 3 nitrogen and oxygen atoms in total. The molecule has 0 fully saturated rings. The van der Waals surface area contributed by atoms with Crippen molar-refractivity contribution in [2.75, 3.05) is 0 Å². The molecule has 0 spiro atoms. The number of rotatable bonds is 1. The van der Waals surface area contributed by atoms with Gasteiger partial charge in [0.05, 0.1) is 0 Å². The van der Waals surface area contributed by atoms with Gasteiger partial charge in [-0.1, -0.05) is 18.2 Å². The number of carboxylic acids is 1. The van der Waals surface area contributed by atoms with E-state index in [-0.39, 0.29) is 0 Å². The van der Waals surface area contributed by atoms with Gasteiger partial charge in [-0.25, -0.2) is 0 Å². The molecule has 0 aromatic rings. The highest BCUT2D eigenvalue weighted by Gasteiger charge is 2.06. The molecule has 0 amide bonds. The fraction of sp³-hybridized carbons (Fsp3) is 0.222. The molecule has 0 radical (unpaired) electrons. The zero-order valence-electron chi connectivity index (χ0n) is 6.82. The van der Waals surface area contributed by atoms with Crippen LogP contribution in [0.4, 0.5) is 0 Å². The summed E-state index contributed by atoms with van der Waals surface area (Å²) >= 11 is 0. The second kappa shape index (κ2) is 3.36. The van der Waals surface area contributed by atoms with Gasteiger partial charge in [0, 0.05) is 0 Å². The van der Waals surface area contributed by atoms with Gasteiger partial charge in [0.1, 0.15) is 6.04 Å². The minimum atomic E-state index is -0.963. The van der Waals surface area contributed by atoms with Gasteiger partial charge >= 0.3 is 5.97 Å². The molecule has 2 rings (SSSR count). The summed E-state index contributed by atoms with van der Waals surface area (Å²) in [5.74, 6) is -0.963. The van der Waals surface area contributed by atoms with E-state index in [2.05, 4.69) is 24.3 Å². The number of carbonyl (C=O) groups is 1. The van der Waals surface area contributed by atoms with Gasteiger partial charge in [-0.2, -0.15) is 0 Å². The molecule has 1 unspecified atom stereocenters. The molecular weight excluding hydrogens is 154 g/mol. The molecule has 2 aliphatic rings. The Morgan fingerprint density at radius 1 is 1.50 bits per heavy atom. The molecule has 0 saturated carbocycles. The van der Waals surface area contributed by atoms with E-state index >= 15 is 0 Å². The summed E-state index contributed by atoms with van der Waals surface area (Å²) in [6.07, 6.45) is 0. The Morgan fingerprint density at radius 2 is 1.92 bits per heavy atom. The van der Waals surface area contributed by atoms with Crippen molar-refractivity contribution < 1.29 is 9.90 Å². The minimum Gasteiger partial charge on any atom is -0.480 e. The van der Waals surface area contributed by atoms with Crippen LogP contribution in [0, 0.1) is 0 Å². The Hall–Kier alpha value is -1.35. The largest absolute Gasteiger partial charge is 0.480 e. The molecule has 0 aromatic heterocycles. The second-order valence-corrected chi connectivity index (χ2v) is 2.71. The van der Waals surface area contributed by atoms with Crippen LogP contribution in [0.25, 0.3) is 11.1 Å². The van der Waals surface area contributed by atoms with Crippen LogP contribution < -0.4 is 5.73 Å². The molecule has 0 heterocycles. The maximum Gasteiger partial charge on any atom is 0.320 e. The molecule has 3 heteroatoms. The predicted molar refractivity (Wildman–Crippen MR) is 46.7 cm³/mol. The lowest BCUT2D eigenvalue weighted by atomic mass is 10.4. The van der Waals surface area contributed by atoms with E-state index in [4.69, 9.17) is 10.8 Å². The first-order valence-corrected chi connectivity index (χ1v) is 3.70. The van der Waals surface area contributed by atoms with Gasteiger partial charge in [0.25, 0.3) is 0 Å². The molecule has 12 heavy (non-hydrogen) atoms. The summed E-state index contributed by atoms with van der Waals surface area (Å²) in [6.45, 7) is 1.42. The maximum atomic E-state index is 9.57. The Balaban J connectivity index is 0.000000120. The molecule has 64 valence electrons. The first-order chi connectivity index (χ1) is 5.61. The number of nitrogens with two attached hydrogens (primary N) is 1. The fourth-order valence-electron chi connectivity index (χ4n) is 0.676. The Morgan fingerprint density at radius 3 is 2.00 bits per heavy atom. The summed E-state index contributed by atoms with van der Waals surface area (Å²) in [6, 6.07) is 7.75. The van der Waals surface area contributed by atoms with Crippen molar-refractivity contribution in [3.05, 3.63) is 24.3 Å². The SMILES string of the molecule is CC(N)C(=O)O.c1cc2cc-2c1. The van der Waals surface area contributed by atoms with Gasteiger partial charge in [-0.05, 0) is 24.1 Å². The number of hydrogen-bond donors (Lipinski definition) is 2. The van der Waals surface area contributed by atoms with E-state index in [1.165, 1.54) is 18.1 Å². The highest BCUT2D eigenvalue weighted by molar-refractivity contribution is 5.80. The zero-order valence-corrected chi connectivity index (χ0v) is 6.82. The normalized spacial score (nSPS) is 12.5. The summed E-state index contributed by atoms with van der Waals surface area (Å²) in [4.78, 5) is 9.57. The van der Waals surface area contributed by atoms with Crippen molar-refractivity contribution in [2.24, 2.45) is 5.73 Å². The van der Waals surface area contributed by atoms with E-state index in [0.717, 1.165) is 0 Å². The highest BCUT2D eigenvalue weighted by atomic mass is 16.4. The average molecular weight is 165 g/mol. The van der Waals surface area contributed by atoms with Crippen LogP contribution in [0.5, 0.6) is 0 Å². The summed E-state index contributed by atoms with van der Waals surface area (Å²) in [7, 11) is 0. The Bertz CT molecular complexity index is 277. The summed E-state index contributed by atoms with van der Waals surface area (Å²) in [5, 5.41) is 7.87. The van der Waals surface area contributed by atoms with Gasteiger partial charge in [0.2, 0.25) is 0 Å². The van der Waals surface area contributed by atoms with Crippen LogP contribution in [-0.4, -0.2) is 17.1 Å². The lowest BCUT2D eigenvalue weighted by molar-refractivity contribution is -0.138. The number of hydrogen-bond acceptors (Lipinski definition) is 2. The maximum absolute atomic E-state index is 9.57. The Kier molecular flexibility index (Phi) is 2.45. The molecule has 0 aromatic carbocycles. The first-order valence-electron chi connectivity index (χ1n) is 3.70. The van der Waals surface area contributed by atoms with Crippen molar-refractivity contribution in [1.82, 2.24) is 0 Å². The molecule has 2 aliphatic carbocycles. The first kappa shape index (κ1) is 8.74. The van der Waals surface area contributed by atoms with Crippen LogP contribution in [0.15, 0.2) is 24.3 Å². The molecule has 0 saturated heterocycles. The van der Waals surface area contributed by atoms with Crippen molar-refractivity contribution in [3.63, 3.8) is 0 Å². The van der Waals surface area contributed by atoms with E-state index in [1.807, 2.05) is 0 Å². The lowest BCUT2D eigenvalue weighted by Crippen LogP contribution is -2.25. The number of benzene rings is 1. The number of fused-ring (bicyclic) bond motifs is 1. The van der Waals surface area contributed by atoms with E-state index < -0.39 is 12.0 Å². The molecule has 3 N–H and O–H groups in total. The van der Waals surface area contributed by atoms with Crippen LogP contribution in [0.1, 0.15) is 6.92 Å². The fourth-order valence-corrected chi connectivity index (χ4v) is 0.676. The monoisotopic (exact) mass is 165 g/mol. The van der Waals surface area contributed by atoms with Crippen LogP contribution >= 0.6 is 0 Å². The quantitative estimate of drug-likeness (QED) is 0.664. The van der Waals surface area contributed by atoms with Crippen LogP contribution in [-0.2, 0) is 4.79 Å². The number of aliphatic carboxylic acids is 1. The second-order valence-electron chi connectivity index (χ2n) is 2.71. The summed E-state index contributed by atoms with van der Waals surface area (Å²) in [5.41, 5.74) is 7.69. The van der Waals surface area contributed by atoms with Crippen molar-refractivity contribution in [2.45, 2.75) is 13.0 Å². The van der Waals surface area contributed by atoms with Crippen LogP contribution in [0.2, 0.25) is 0 Å².